The van der Waals surface area contributed by atoms with E-state index in [0.29, 0.717) is 5.94 Å². The predicted molar refractivity (Wildman–Crippen MR) is 72.2 cm³/mol. The maximum Gasteiger partial charge on any atom is 0.303 e. The summed E-state index contributed by atoms with van der Waals surface area (Å²) in [7, 11) is 0. The van der Waals surface area contributed by atoms with Crippen LogP contribution in [-0.4, -0.2) is 16.9 Å². The SMILES string of the molecule is CC(=O)OCSc1cccc(-c2ccncc2)c1. The first-order chi connectivity index (χ1) is 8.75. The van der Waals surface area contributed by atoms with Crippen molar-refractivity contribution < 1.29 is 9.53 Å². The lowest BCUT2D eigenvalue weighted by atomic mass is 10.1. The number of pyridine rings is 1. The molecule has 1 heterocycles. The summed E-state index contributed by atoms with van der Waals surface area (Å²) < 4.78 is 4.91. The Morgan fingerprint density at radius 1 is 1.22 bits per heavy atom. The van der Waals surface area contributed by atoms with E-state index in [-0.39, 0.29) is 5.97 Å². The van der Waals surface area contributed by atoms with Crippen LogP contribution < -0.4 is 0 Å². The molecule has 0 spiro atoms. The summed E-state index contributed by atoms with van der Waals surface area (Å²) in [6.07, 6.45) is 3.54. The third-order valence-corrected chi connectivity index (χ3v) is 3.16. The molecule has 4 heteroatoms. The van der Waals surface area contributed by atoms with Crippen molar-refractivity contribution in [1.82, 2.24) is 4.98 Å². The minimum atomic E-state index is -0.257. The van der Waals surface area contributed by atoms with E-state index >= 15 is 0 Å². The topological polar surface area (TPSA) is 39.2 Å². The number of rotatable bonds is 4. The third kappa shape index (κ3) is 3.60. The van der Waals surface area contributed by atoms with E-state index in [4.69, 9.17) is 4.74 Å². The van der Waals surface area contributed by atoms with Crippen molar-refractivity contribution in [3.05, 3.63) is 48.8 Å². The summed E-state index contributed by atoms with van der Waals surface area (Å²) in [5.74, 6) is 0.0857. The first-order valence-electron chi connectivity index (χ1n) is 5.52. The lowest BCUT2D eigenvalue weighted by Crippen LogP contribution is -1.96. The lowest BCUT2D eigenvalue weighted by molar-refractivity contribution is -0.138. The molecule has 92 valence electrons. The van der Waals surface area contributed by atoms with E-state index in [1.807, 2.05) is 30.3 Å². The van der Waals surface area contributed by atoms with Gasteiger partial charge in [0.15, 0.2) is 0 Å². The largest absolute Gasteiger partial charge is 0.454 e. The molecule has 0 aliphatic carbocycles. The Labute approximate surface area is 110 Å². The maximum absolute atomic E-state index is 10.7. The van der Waals surface area contributed by atoms with E-state index in [0.717, 1.165) is 16.0 Å². The van der Waals surface area contributed by atoms with Crippen LogP contribution >= 0.6 is 11.8 Å². The van der Waals surface area contributed by atoms with Crippen molar-refractivity contribution >= 4 is 17.7 Å². The van der Waals surface area contributed by atoms with Gasteiger partial charge in [-0.2, -0.15) is 0 Å². The van der Waals surface area contributed by atoms with E-state index in [1.165, 1.54) is 18.7 Å². The van der Waals surface area contributed by atoms with E-state index in [9.17, 15) is 4.79 Å². The standard InChI is InChI=1S/C14H13NO2S/c1-11(16)17-10-18-14-4-2-3-13(9-14)12-5-7-15-8-6-12/h2-9H,10H2,1H3. The fraction of sp³-hybridized carbons (Fsp3) is 0.143. The number of benzene rings is 1. The molecule has 3 nitrogen and oxygen atoms in total. The van der Waals surface area contributed by atoms with Gasteiger partial charge in [-0.3, -0.25) is 9.78 Å². The van der Waals surface area contributed by atoms with Crippen LogP contribution in [0.1, 0.15) is 6.92 Å². The normalized spacial score (nSPS) is 10.1. The lowest BCUT2D eigenvalue weighted by Gasteiger charge is -2.05. The van der Waals surface area contributed by atoms with Gasteiger partial charge >= 0.3 is 5.97 Å². The summed E-state index contributed by atoms with van der Waals surface area (Å²) in [5, 5.41) is 0. The molecular formula is C14H13NO2S. The minimum Gasteiger partial charge on any atom is -0.454 e. The van der Waals surface area contributed by atoms with Crippen LogP contribution in [0.25, 0.3) is 11.1 Å². The number of nitrogens with zero attached hydrogens (tertiary/aromatic N) is 1. The van der Waals surface area contributed by atoms with E-state index in [1.54, 1.807) is 12.4 Å². The molecule has 0 fully saturated rings. The van der Waals surface area contributed by atoms with Crippen LogP contribution in [0.3, 0.4) is 0 Å². The summed E-state index contributed by atoms with van der Waals surface area (Å²) >= 11 is 1.50. The Balaban J connectivity index is 2.08. The van der Waals surface area contributed by atoms with Crippen molar-refractivity contribution in [3.8, 4) is 11.1 Å². The van der Waals surface area contributed by atoms with Gasteiger partial charge in [0.1, 0.15) is 5.94 Å². The van der Waals surface area contributed by atoms with Crippen molar-refractivity contribution in [2.24, 2.45) is 0 Å². The highest BCUT2D eigenvalue weighted by Crippen LogP contribution is 2.25. The van der Waals surface area contributed by atoms with Crippen molar-refractivity contribution in [2.45, 2.75) is 11.8 Å². The van der Waals surface area contributed by atoms with Crippen LogP contribution in [0.4, 0.5) is 0 Å². The van der Waals surface area contributed by atoms with Crippen LogP contribution in [0.5, 0.6) is 0 Å². The summed E-state index contributed by atoms with van der Waals surface area (Å²) in [6, 6.07) is 12.0. The van der Waals surface area contributed by atoms with Crippen molar-refractivity contribution in [2.75, 3.05) is 5.94 Å². The highest BCUT2D eigenvalue weighted by atomic mass is 32.2. The van der Waals surface area contributed by atoms with Crippen LogP contribution in [0, 0.1) is 0 Å². The summed E-state index contributed by atoms with van der Waals surface area (Å²) in [4.78, 5) is 15.8. The van der Waals surface area contributed by atoms with Crippen LogP contribution in [0.2, 0.25) is 0 Å². The summed E-state index contributed by atoms with van der Waals surface area (Å²) in [6.45, 7) is 1.41. The first kappa shape index (κ1) is 12.6. The Morgan fingerprint density at radius 3 is 2.72 bits per heavy atom. The Morgan fingerprint density at radius 2 is 2.00 bits per heavy atom. The number of ether oxygens (including phenoxy) is 1. The van der Waals surface area contributed by atoms with Crippen LogP contribution in [0.15, 0.2) is 53.7 Å². The first-order valence-corrected chi connectivity index (χ1v) is 6.51. The second-order valence-corrected chi connectivity index (χ2v) is 4.66. The van der Waals surface area contributed by atoms with Crippen molar-refractivity contribution in [1.29, 1.82) is 0 Å². The quantitative estimate of drug-likeness (QED) is 0.479. The number of thioether (sulfide) groups is 1. The predicted octanol–water partition coefficient (Wildman–Crippen LogP) is 3.36. The molecule has 0 aliphatic rings. The number of hydrogen-bond donors (Lipinski definition) is 0. The van der Waals surface area contributed by atoms with Gasteiger partial charge in [0.25, 0.3) is 0 Å². The van der Waals surface area contributed by atoms with E-state index in [2.05, 4.69) is 11.1 Å². The molecule has 0 saturated heterocycles. The molecule has 18 heavy (non-hydrogen) atoms. The van der Waals surface area contributed by atoms with E-state index < -0.39 is 0 Å². The van der Waals surface area contributed by atoms with Crippen LogP contribution in [-0.2, 0) is 9.53 Å². The zero-order chi connectivity index (χ0) is 12.8. The highest BCUT2D eigenvalue weighted by Gasteiger charge is 2.00. The molecule has 0 N–H and O–H groups in total. The molecule has 0 radical (unpaired) electrons. The van der Waals surface area contributed by atoms with Gasteiger partial charge in [0, 0.05) is 24.2 Å². The number of hydrogen-bond acceptors (Lipinski definition) is 4. The molecule has 0 atom stereocenters. The average Bonchev–Trinajstić information content (AvgIpc) is 2.40. The van der Waals surface area contributed by atoms with Gasteiger partial charge in [-0.05, 0) is 35.4 Å². The Kier molecular flexibility index (Phi) is 4.36. The fourth-order valence-electron chi connectivity index (χ4n) is 1.49. The molecule has 0 saturated carbocycles. The Bertz CT molecular complexity index is 528. The smallest absolute Gasteiger partial charge is 0.303 e. The molecule has 0 unspecified atom stereocenters. The van der Waals surface area contributed by atoms with Gasteiger partial charge < -0.3 is 4.74 Å². The third-order valence-electron chi connectivity index (χ3n) is 2.34. The molecular weight excluding hydrogens is 246 g/mol. The number of esters is 1. The van der Waals surface area contributed by atoms with Gasteiger partial charge in [0.05, 0.1) is 0 Å². The second-order valence-electron chi connectivity index (χ2n) is 3.66. The molecule has 1 aromatic carbocycles. The van der Waals surface area contributed by atoms with Gasteiger partial charge in [-0.1, -0.05) is 23.9 Å². The molecule has 0 amide bonds. The number of aromatic nitrogens is 1. The number of carbonyl (C=O) groups is 1. The fourth-order valence-corrected chi connectivity index (χ4v) is 2.24. The van der Waals surface area contributed by atoms with Gasteiger partial charge in [0.2, 0.25) is 0 Å². The average molecular weight is 259 g/mol. The Hall–Kier alpha value is -1.81. The summed E-state index contributed by atoms with van der Waals surface area (Å²) in [5.41, 5.74) is 2.25. The number of carbonyl (C=O) groups excluding carboxylic acids is 1. The monoisotopic (exact) mass is 259 g/mol. The minimum absolute atomic E-state index is 0.257. The highest BCUT2D eigenvalue weighted by molar-refractivity contribution is 7.99. The molecule has 1 aromatic heterocycles. The van der Waals surface area contributed by atoms with Crippen molar-refractivity contribution in [3.63, 3.8) is 0 Å². The van der Waals surface area contributed by atoms with Gasteiger partial charge in [-0.15, -0.1) is 0 Å². The maximum atomic E-state index is 10.7. The molecule has 2 rings (SSSR count). The molecule has 0 bridgehead atoms. The molecule has 2 aromatic rings. The zero-order valence-corrected chi connectivity index (χ0v) is 10.8. The zero-order valence-electron chi connectivity index (χ0n) is 10.00. The second kappa shape index (κ2) is 6.21. The van der Waals surface area contributed by atoms with Gasteiger partial charge in [-0.25, -0.2) is 0 Å². The molecule has 0 aliphatic heterocycles.